The zero-order valence-electron chi connectivity index (χ0n) is 19.4. The SMILES string of the molecule is Cc1cc(C)cc(N(C(=O)c2snc(C(N)=O)c2N)[C@H](C(=O)NC[C@@H]2CCCO2)c2cccs2)c1. The van der Waals surface area contributed by atoms with Crippen molar-refractivity contribution in [3.8, 4) is 0 Å². The van der Waals surface area contributed by atoms with Crippen LogP contribution in [0.3, 0.4) is 0 Å². The molecule has 4 rings (SSSR count). The van der Waals surface area contributed by atoms with E-state index < -0.39 is 17.9 Å². The summed E-state index contributed by atoms with van der Waals surface area (Å²) >= 11 is 2.16. The average Bonchev–Trinajstić information content (AvgIpc) is 3.56. The average molecular weight is 514 g/mol. The summed E-state index contributed by atoms with van der Waals surface area (Å²) in [5, 5.41) is 4.82. The fourth-order valence-corrected chi connectivity index (χ4v) is 5.70. The molecule has 1 saturated heterocycles. The number of hydrogen-bond acceptors (Lipinski definition) is 8. The van der Waals surface area contributed by atoms with Crippen LogP contribution in [0, 0.1) is 13.8 Å². The highest BCUT2D eigenvalue weighted by Crippen LogP contribution is 2.35. The monoisotopic (exact) mass is 513 g/mol. The normalized spacial score (nSPS) is 16.1. The molecule has 0 saturated carbocycles. The van der Waals surface area contributed by atoms with E-state index in [2.05, 4.69) is 9.69 Å². The number of thiophene rings is 1. The molecule has 0 unspecified atom stereocenters. The van der Waals surface area contributed by atoms with Crippen LogP contribution in [-0.2, 0) is 9.53 Å². The number of aryl methyl sites for hydroxylation is 2. The number of nitrogen functional groups attached to an aromatic ring is 1. The second kappa shape index (κ2) is 10.5. The molecule has 0 bridgehead atoms. The van der Waals surface area contributed by atoms with E-state index in [-0.39, 0.29) is 28.3 Å². The highest BCUT2D eigenvalue weighted by atomic mass is 32.1. The van der Waals surface area contributed by atoms with Crippen molar-refractivity contribution in [1.82, 2.24) is 9.69 Å². The second-order valence-corrected chi connectivity index (χ2v) is 10.2. The standard InChI is InChI=1S/C24H27N5O4S2/c1-13-9-14(2)11-15(10-13)29(24(32)21-18(25)19(22(26)30)28-35-21)20(17-6-4-8-34-17)23(31)27-12-16-5-3-7-33-16/h4,6,8-11,16,20H,3,5,7,12,25H2,1-2H3,(H2,26,30)(H,27,31)/t16-,20-/m0/s1. The Labute approximate surface area is 211 Å². The molecule has 3 heterocycles. The summed E-state index contributed by atoms with van der Waals surface area (Å²) in [6.07, 6.45) is 1.77. The Morgan fingerprint density at radius 1 is 1.26 bits per heavy atom. The molecule has 2 atom stereocenters. The predicted octanol–water partition coefficient (Wildman–Crippen LogP) is 3.19. The summed E-state index contributed by atoms with van der Waals surface area (Å²) in [6, 6.07) is 8.33. The molecule has 1 aliphatic heterocycles. The smallest absolute Gasteiger partial charge is 0.273 e. The van der Waals surface area contributed by atoms with Crippen molar-refractivity contribution in [1.29, 1.82) is 0 Å². The minimum absolute atomic E-state index is 0.0476. The first-order chi connectivity index (χ1) is 16.8. The Balaban J connectivity index is 1.79. The van der Waals surface area contributed by atoms with Crippen LogP contribution in [0.1, 0.15) is 55.0 Å². The fourth-order valence-electron chi connectivity index (χ4n) is 4.15. The van der Waals surface area contributed by atoms with Gasteiger partial charge in [0, 0.05) is 23.7 Å². The Morgan fingerprint density at radius 3 is 2.57 bits per heavy atom. The van der Waals surface area contributed by atoms with Crippen molar-refractivity contribution < 1.29 is 19.1 Å². The van der Waals surface area contributed by atoms with E-state index in [1.807, 2.05) is 49.6 Å². The molecule has 2 aromatic heterocycles. The minimum atomic E-state index is -0.969. The van der Waals surface area contributed by atoms with Gasteiger partial charge in [-0.3, -0.25) is 19.3 Å². The van der Waals surface area contributed by atoms with E-state index >= 15 is 0 Å². The summed E-state index contributed by atoms with van der Waals surface area (Å²) in [5.41, 5.74) is 13.6. The molecule has 3 amide bonds. The number of rotatable bonds is 8. The lowest BCUT2D eigenvalue weighted by Gasteiger charge is -2.31. The first-order valence-corrected chi connectivity index (χ1v) is 12.8. The molecule has 0 radical (unpaired) electrons. The molecule has 3 aromatic rings. The van der Waals surface area contributed by atoms with Crippen LogP contribution in [0.5, 0.6) is 0 Å². The van der Waals surface area contributed by atoms with E-state index in [4.69, 9.17) is 16.2 Å². The quantitative estimate of drug-likeness (QED) is 0.422. The number of primary amides is 1. The molecule has 184 valence electrons. The summed E-state index contributed by atoms with van der Waals surface area (Å²) < 4.78 is 9.63. The van der Waals surface area contributed by atoms with E-state index in [1.165, 1.54) is 16.2 Å². The van der Waals surface area contributed by atoms with Crippen LogP contribution in [0.4, 0.5) is 11.4 Å². The molecule has 11 heteroatoms. The van der Waals surface area contributed by atoms with Crippen molar-refractivity contribution in [2.45, 2.75) is 38.8 Å². The number of hydrogen-bond donors (Lipinski definition) is 3. The Morgan fingerprint density at radius 2 is 2.00 bits per heavy atom. The highest BCUT2D eigenvalue weighted by Gasteiger charge is 2.37. The molecule has 0 spiro atoms. The van der Waals surface area contributed by atoms with Crippen molar-refractivity contribution >= 4 is 52.0 Å². The predicted molar refractivity (Wildman–Crippen MR) is 137 cm³/mol. The Hall–Kier alpha value is -3.28. The van der Waals surface area contributed by atoms with Gasteiger partial charge in [0.1, 0.15) is 4.88 Å². The number of anilines is 2. The van der Waals surface area contributed by atoms with Gasteiger partial charge in [-0.25, -0.2) is 0 Å². The number of nitrogens with zero attached hydrogens (tertiary/aromatic N) is 2. The molecule has 1 aromatic carbocycles. The van der Waals surface area contributed by atoms with Gasteiger partial charge in [-0.2, -0.15) is 4.37 Å². The largest absolute Gasteiger partial charge is 0.395 e. The number of carbonyl (C=O) groups excluding carboxylic acids is 3. The number of ether oxygens (including phenoxy) is 1. The van der Waals surface area contributed by atoms with Crippen LogP contribution in [0.15, 0.2) is 35.7 Å². The number of nitrogens with two attached hydrogens (primary N) is 2. The molecular formula is C24H27N5O4S2. The van der Waals surface area contributed by atoms with Crippen LogP contribution in [-0.4, -0.2) is 41.4 Å². The summed E-state index contributed by atoms with van der Waals surface area (Å²) in [4.78, 5) is 41.5. The third kappa shape index (κ3) is 5.37. The van der Waals surface area contributed by atoms with Gasteiger partial charge in [0.2, 0.25) is 5.91 Å². The van der Waals surface area contributed by atoms with Crippen molar-refractivity contribution in [2.75, 3.05) is 23.8 Å². The van der Waals surface area contributed by atoms with Crippen LogP contribution >= 0.6 is 22.9 Å². The summed E-state index contributed by atoms with van der Waals surface area (Å²) in [7, 11) is 0. The topological polar surface area (TPSA) is 141 Å². The Bertz CT molecular complexity index is 1210. The van der Waals surface area contributed by atoms with E-state index in [9.17, 15) is 14.4 Å². The number of carbonyl (C=O) groups is 3. The Kier molecular flexibility index (Phi) is 7.48. The zero-order valence-corrected chi connectivity index (χ0v) is 21.1. The van der Waals surface area contributed by atoms with Gasteiger partial charge in [-0.15, -0.1) is 11.3 Å². The van der Waals surface area contributed by atoms with Gasteiger partial charge in [0.25, 0.3) is 11.8 Å². The lowest BCUT2D eigenvalue weighted by atomic mass is 10.1. The molecule has 0 aliphatic carbocycles. The lowest BCUT2D eigenvalue weighted by Crippen LogP contribution is -2.45. The molecule has 9 nitrogen and oxygen atoms in total. The zero-order chi connectivity index (χ0) is 25.1. The third-order valence-corrected chi connectivity index (χ3v) is 7.48. The number of nitrogens with one attached hydrogen (secondary N) is 1. The highest BCUT2D eigenvalue weighted by molar-refractivity contribution is 7.10. The molecule has 5 N–H and O–H groups in total. The van der Waals surface area contributed by atoms with Crippen LogP contribution in [0.2, 0.25) is 0 Å². The maximum atomic E-state index is 14.0. The summed E-state index contributed by atoms with van der Waals surface area (Å²) in [6.45, 7) is 4.87. The minimum Gasteiger partial charge on any atom is -0.395 e. The van der Waals surface area contributed by atoms with E-state index in [1.54, 1.807) is 0 Å². The first-order valence-electron chi connectivity index (χ1n) is 11.2. The van der Waals surface area contributed by atoms with Crippen LogP contribution < -0.4 is 21.7 Å². The van der Waals surface area contributed by atoms with E-state index in [0.29, 0.717) is 23.7 Å². The van der Waals surface area contributed by atoms with Gasteiger partial charge in [-0.05, 0) is 72.9 Å². The number of aromatic nitrogens is 1. The van der Waals surface area contributed by atoms with Crippen molar-refractivity contribution in [3.63, 3.8) is 0 Å². The van der Waals surface area contributed by atoms with Crippen molar-refractivity contribution in [3.05, 3.63) is 62.3 Å². The van der Waals surface area contributed by atoms with Gasteiger partial charge in [-0.1, -0.05) is 12.1 Å². The third-order valence-electron chi connectivity index (χ3n) is 5.71. The van der Waals surface area contributed by atoms with Gasteiger partial charge >= 0.3 is 0 Å². The van der Waals surface area contributed by atoms with Crippen LogP contribution in [0.25, 0.3) is 0 Å². The lowest BCUT2D eigenvalue weighted by molar-refractivity contribution is -0.122. The molecule has 35 heavy (non-hydrogen) atoms. The maximum Gasteiger partial charge on any atom is 0.273 e. The number of benzene rings is 1. The van der Waals surface area contributed by atoms with Gasteiger partial charge < -0.3 is 21.5 Å². The van der Waals surface area contributed by atoms with Gasteiger partial charge in [0.15, 0.2) is 11.7 Å². The second-order valence-electron chi connectivity index (χ2n) is 8.46. The molecule has 1 aliphatic rings. The van der Waals surface area contributed by atoms with E-state index in [0.717, 1.165) is 35.5 Å². The molecule has 1 fully saturated rings. The molecular weight excluding hydrogens is 486 g/mol. The first kappa shape index (κ1) is 24.8. The van der Waals surface area contributed by atoms with Crippen molar-refractivity contribution in [2.24, 2.45) is 5.73 Å². The fraction of sp³-hybridized carbons (Fsp3) is 0.333. The number of amides is 3. The maximum absolute atomic E-state index is 14.0. The summed E-state index contributed by atoms with van der Waals surface area (Å²) in [5.74, 6) is -1.70. The van der Waals surface area contributed by atoms with Gasteiger partial charge in [0.05, 0.1) is 11.8 Å².